The van der Waals surface area contributed by atoms with Crippen molar-refractivity contribution in [2.45, 2.75) is 20.8 Å². The first-order valence-corrected chi connectivity index (χ1v) is 6.92. The average molecular weight is 312 g/mol. The summed E-state index contributed by atoms with van der Waals surface area (Å²) in [6, 6.07) is 0. The summed E-state index contributed by atoms with van der Waals surface area (Å²) < 4.78 is 14.1. The lowest BCUT2D eigenvalue weighted by molar-refractivity contribution is -0.155. The second-order valence-corrected chi connectivity index (χ2v) is 5.07. The Morgan fingerprint density at radius 1 is 0.955 bits per heavy atom. The molecule has 1 aliphatic carbocycles. The molecule has 0 heterocycles. The normalized spacial score (nSPS) is 20.3. The van der Waals surface area contributed by atoms with Crippen LogP contribution in [-0.2, 0) is 33.4 Å². The monoisotopic (exact) mass is 312 g/mol. The van der Waals surface area contributed by atoms with E-state index in [0.29, 0.717) is 0 Å². The van der Waals surface area contributed by atoms with Crippen molar-refractivity contribution in [2.75, 3.05) is 20.8 Å². The highest BCUT2D eigenvalue weighted by Gasteiger charge is 2.55. The van der Waals surface area contributed by atoms with Gasteiger partial charge in [-0.2, -0.15) is 0 Å². The van der Waals surface area contributed by atoms with Crippen molar-refractivity contribution in [1.82, 2.24) is 0 Å². The van der Waals surface area contributed by atoms with Crippen LogP contribution in [0, 0.1) is 17.8 Å². The maximum Gasteiger partial charge on any atom is 0.335 e. The Labute approximate surface area is 128 Å². The molecule has 0 aromatic rings. The molecule has 0 aliphatic heterocycles. The molecule has 0 N–H and O–H groups in total. The standard InChI is InChI=1S/C15H20O7/c1-6-22-15(19)10-8(12(16)7(2)3)9(13(17)20-4)11(10)14(18)21-5/h7-9H,6H2,1-5H3. The summed E-state index contributed by atoms with van der Waals surface area (Å²) in [5, 5.41) is 0. The van der Waals surface area contributed by atoms with Gasteiger partial charge in [0.05, 0.1) is 37.9 Å². The van der Waals surface area contributed by atoms with Crippen LogP contribution in [0.1, 0.15) is 20.8 Å². The molecule has 7 heteroatoms. The number of carbonyl (C=O) groups excluding carboxylic acids is 4. The number of hydrogen-bond acceptors (Lipinski definition) is 7. The van der Waals surface area contributed by atoms with E-state index in [4.69, 9.17) is 4.74 Å². The van der Waals surface area contributed by atoms with Crippen molar-refractivity contribution >= 4 is 23.7 Å². The molecule has 0 fully saturated rings. The third-order valence-electron chi connectivity index (χ3n) is 3.48. The second kappa shape index (κ2) is 7.20. The van der Waals surface area contributed by atoms with Gasteiger partial charge in [0.25, 0.3) is 0 Å². The SMILES string of the molecule is CCOC(=O)C1=C(C(=O)OC)C(C(=O)OC)C1C(=O)C(C)C. The highest BCUT2D eigenvalue weighted by Crippen LogP contribution is 2.44. The smallest absolute Gasteiger partial charge is 0.335 e. The first kappa shape index (κ1) is 17.9. The summed E-state index contributed by atoms with van der Waals surface area (Å²) in [5.74, 6) is -5.31. The zero-order chi connectivity index (χ0) is 17.0. The first-order chi connectivity index (χ1) is 10.3. The Morgan fingerprint density at radius 3 is 1.91 bits per heavy atom. The lowest BCUT2D eigenvalue weighted by Gasteiger charge is -2.37. The Hall–Kier alpha value is -2.18. The van der Waals surface area contributed by atoms with Crippen LogP contribution in [-0.4, -0.2) is 44.5 Å². The van der Waals surface area contributed by atoms with Gasteiger partial charge in [0, 0.05) is 5.92 Å². The number of carbonyl (C=O) groups is 4. The van der Waals surface area contributed by atoms with Crippen molar-refractivity contribution in [3.63, 3.8) is 0 Å². The van der Waals surface area contributed by atoms with Crippen LogP contribution in [0.25, 0.3) is 0 Å². The highest BCUT2D eigenvalue weighted by atomic mass is 16.5. The lowest BCUT2D eigenvalue weighted by atomic mass is 9.64. The summed E-state index contributed by atoms with van der Waals surface area (Å²) in [6.07, 6.45) is 0. The van der Waals surface area contributed by atoms with E-state index in [0.717, 1.165) is 14.2 Å². The molecular weight excluding hydrogens is 292 g/mol. The van der Waals surface area contributed by atoms with Gasteiger partial charge >= 0.3 is 17.9 Å². The minimum absolute atomic E-state index is 0.0856. The van der Waals surface area contributed by atoms with E-state index in [2.05, 4.69) is 9.47 Å². The number of ether oxygens (including phenoxy) is 3. The molecule has 2 unspecified atom stereocenters. The van der Waals surface area contributed by atoms with Gasteiger partial charge in [-0.25, -0.2) is 9.59 Å². The molecule has 0 saturated heterocycles. The van der Waals surface area contributed by atoms with Gasteiger partial charge in [-0.3, -0.25) is 9.59 Å². The van der Waals surface area contributed by atoms with Crippen molar-refractivity contribution in [3.05, 3.63) is 11.1 Å². The molecule has 22 heavy (non-hydrogen) atoms. The number of hydrogen-bond donors (Lipinski definition) is 0. The molecule has 7 nitrogen and oxygen atoms in total. The van der Waals surface area contributed by atoms with Gasteiger partial charge in [-0.1, -0.05) is 13.8 Å². The van der Waals surface area contributed by atoms with Crippen LogP contribution in [0.3, 0.4) is 0 Å². The zero-order valence-corrected chi connectivity index (χ0v) is 13.3. The molecular formula is C15H20O7. The van der Waals surface area contributed by atoms with Gasteiger partial charge in [0.1, 0.15) is 11.7 Å². The van der Waals surface area contributed by atoms with E-state index in [-0.39, 0.29) is 23.5 Å². The molecule has 0 saturated carbocycles. The molecule has 0 amide bonds. The fourth-order valence-corrected chi connectivity index (χ4v) is 2.41. The molecule has 0 spiro atoms. The molecule has 0 aromatic heterocycles. The lowest BCUT2D eigenvalue weighted by Crippen LogP contribution is -2.48. The minimum atomic E-state index is -1.13. The maximum atomic E-state index is 12.3. The van der Waals surface area contributed by atoms with Crippen molar-refractivity contribution in [3.8, 4) is 0 Å². The zero-order valence-electron chi connectivity index (χ0n) is 13.3. The van der Waals surface area contributed by atoms with Crippen LogP contribution in [0.4, 0.5) is 0 Å². The molecule has 0 radical (unpaired) electrons. The number of Topliss-reactive ketones (excluding diaryl/α,β-unsaturated/α-hetero) is 1. The summed E-state index contributed by atoms with van der Waals surface area (Å²) in [6.45, 7) is 4.99. The molecule has 122 valence electrons. The molecule has 0 aromatic carbocycles. The van der Waals surface area contributed by atoms with Gasteiger partial charge < -0.3 is 14.2 Å². The summed E-state index contributed by atoms with van der Waals surface area (Å²) in [4.78, 5) is 48.2. The van der Waals surface area contributed by atoms with Crippen molar-refractivity contribution in [1.29, 1.82) is 0 Å². The fourth-order valence-electron chi connectivity index (χ4n) is 2.41. The predicted molar refractivity (Wildman–Crippen MR) is 74.5 cm³/mol. The topological polar surface area (TPSA) is 96.0 Å². The Balaban J connectivity index is 3.40. The summed E-state index contributed by atoms with van der Waals surface area (Å²) in [5.41, 5.74) is -0.269. The average Bonchev–Trinajstić information content (AvgIpc) is 2.45. The van der Waals surface area contributed by atoms with E-state index in [1.54, 1.807) is 20.8 Å². The minimum Gasteiger partial charge on any atom is -0.469 e. The largest absolute Gasteiger partial charge is 0.469 e. The Kier molecular flexibility index (Phi) is 5.84. The van der Waals surface area contributed by atoms with Crippen LogP contribution in [0.5, 0.6) is 0 Å². The summed E-state index contributed by atoms with van der Waals surface area (Å²) in [7, 11) is 2.28. The Bertz CT molecular complexity index is 530. The molecule has 2 atom stereocenters. The number of esters is 3. The number of ketones is 1. The van der Waals surface area contributed by atoms with Gasteiger partial charge in [-0.05, 0) is 6.92 Å². The molecule has 0 bridgehead atoms. The molecule has 1 aliphatic rings. The van der Waals surface area contributed by atoms with Crippen LogP contribution in [0.15, 0.2) is 11.1 Å². The fraction of sp³-hybridized carbons (Fsp3) is 0.600. The predicted octanol–water partition coefficient (Wildman–Crippen LogP) is 0.663. The van der Waals surface area contributed by atoms with E-state index >= 15 is 0 Å². The number of methoxy groups -OCH3 is 2. The van der Waals surface area contributed by atoms with E-state index in [1.165, 1.54) is 0 Å². The quantitative estimate of drug-likeness (QED) is 0.525. The van der Waals surface area contributed by atoms with E-state index in [1.807, 2.05) is 0 Å². The van der Waals surface area contributed by atoms with Crippen LogP contribution < -0.4 is 0 Å². The Morgan fingerprint density at radius 2 is 1.50 bits per heavy atom. The van der Waals surface area contributed by atoms with Crippen molar-refractivity contribution < 1.29 is 33.4 Å². The summed E-state index contributed by atoms with van der Waals surface area (Å²) >= 11 is 0. The van der Waals surface area contributed by atoms with Crippen LogP contribution in [0.2, 0.25) is 0 Å². The van der Waals surface area contributed by atoms with Gasteiger partial charge in [-0.15, -0.1) is 0 Å². The van der Waals surface area contributed by atoms with E-state index in [9.17, 15) is 19.2 Å². The molecule has 1 rings (SSSR count). The third kappa shape index (κ3) is 3.03. The van der Waals surface area contributed by atoms with Gasteiger partial charge in [0.2, 0.25) is 0 Å². The van der Waals surface area contributed by atoms with Crippen molar-refractivity contribution in [2.24, 2.45) is 17.8 Å². The van der Waals surface area contributed by atoms with Gasteiger partial charge in [0.15, 0.2) is 0 Å². The second-order valence-electron chi connectivity index (χ2n) is 5.07. The first-order valence-electron chi connectivity index (χ1n) is 6.92. The number of rotatable bonds is 6. The highest BCUT2D eigenvalue weighted by molar-refractivity contribution is 6.14. The maximum absolute atomic E-state index is 12.3. The van der Waals surface area contributed by atoms with E-state index < -0.39 is 35.7 Å². The van der Waals surface area contributed by atoms with Crippen LogP contribution >= 0.6 is 0 Å². The third-order valence-corrected chi connectivity index (χ3v) is 3.48.